The summed E-state index contributed by atoms with van der Waals surface area (Å²) in [6.45, 7) is 18.7. The fourth-order valence-electron chi connectivity index (χ4n) is 6.64. The maximum absolute atomic E-state index is 12.6. The number of carbonyl (C=O) groups is 3. The minimum Gasteiger partial charge on any atom is -0.466 e. The van der Waals surface area contributed by atoms with Crippen molar-refractivity contribution in [2.24, 2.45) is 0 Å². The van der Waals surface area contributed by atoms with Crippen LogP contribution in [0.5, 0.6) is 0 Å². The van der Waals surface area contributed by atoms with Gasteiger partial charge in [0.2, 0.25) is 0 Å². The lowest BCUT2D eigenvalue weighted by Crippen LogP contribution is -2.41. The molecule has 8 nitrogen and oxygen atoms in total. The van der Waals surface area contributed by atoms with Crippen LogP contribution >= 0.6 is 0 Å². The second-order valence-electron chi connectivity index (χ2n) is 15.2. The molecule has 0 unspecified atom stereocenters. The van der Waals surface area contributed by atoms with Gasteiger partial charge in [0.1, 0.15) is 5.78 Å². The zero-order valence-corrected chi connectivity index (χ0v) is 35.3. The van der Waals surface area contributed by atoms with Crippen LogP contribution in [0, 0.1) is 0 Å². The fraction of sp³-hybridized carbons (Fsp3) is 0.932. The van der Waals surface area contributed by atoms with Crippen molar-refractivity contribution in [2.45, 2.75) is 195 Å². The van der Waals surface area contributed by atoms with E-state index < -0.39 is 0 Å². The number of ether oxygens (including phenoxy) is 2. The molecule has 0 aromatic rings. The summed E-state index contributed by atoms with van der Waals surface area (Å²) in [7, 11) is 0. The van der Waals surface area contributed by atoms with Gasteiger partial charge in [-0.1, -0.05) is 156 Å². The van der Waals surface area contributed by atoms with Gasteiger partial charge in [-0.3, -0.25) is 14.4 Å². The van der Waals surface area contributed by atoms with Crippen LogP contribution in [0.4, 0.5) is 0 Å². The minimum atomic E-state index is -0.154. The average molecular weight is 738 g/mol. The van der Waals surface area contributed by atoms with Crippen molar-refractivity contribution in [3.05, 3.63) is 0 Å². The van der Waals surface area contributed by atoms with Crippen LogP contribution in [0.3, 0.4) is 0 Å². The van der Waals surface area contributed by atoms with Gasteiger partial charge in [-0.25, -0.2) is 0 Å². The molecule has 0 aliphatic carbocycles. The summed E-state index contributed by atoms with van der Waals surface area (Å²) in [6, 6.07) is 0. The van der Waals surface area contributed by atoms with E-state index in [-0.39, 0.29) is 17.7 Å². The zero-order valence-electron chi connectivity index (χ0n) is 35.3. The quantitative estimate of drug-likeness (QED) is 0.0453. The molecule has 0 aliphatic heterocycles. The number of esters is 2. The first-order valence-electron chi connectivity index (χ1n) is 22.3. The normalized spacial score (nSPS) is 11.6. The second-order valence-corrected chi connectivity index (χ2v) is 15.2. The first kappa shape index (κ1) is 50.5. The molecule has 0 saturated heterocycles. The van der Waals surface area contributed by atoms with Gasteiger partial charge in [-0.05, 0) is 32.9 Å². The first-order valence-corrected chi connectivity index (χ1v) is 22.3. The fourth-order valence-corrected chi connectivity index (χ4v) is 6.64. The van der Waals surface area contributed by atoms with Crippen molar-refractivity contribution >= 4 is 17.7 Å². The van der Waals surface area contributed by atoms with Gasteiger partial charge in [0.15, 0.2) is 0 Å². The van der Waals surface area contributed by atoms with E-state index in [1.54, 1.807) is 6.92 Å². The van der Waals surface area contributed by atoms with Crippen molar-refractivity contribution in [1.29, 1.82) is 0 Å². The highest BCUT2D eigenvalue weighted by molar-refractivity contribution is 5.75. The molecular formula is C44H87N3O5. The van der Waals surface area contributed by atoms with Crippen molar-refractivity contribution < 1.29 is 23.9 Å². The summed E-state index contributed by atoms with van der Waals surface area (Å²) in [5.74, 6) is -0.115. The van der Waals surface area contributed by atoms with Crippen molar-refractivity contribution in [1.82, 2.24) is 14.7 Å². The lowest BCUT2D eigenvalue weighted by molar-refractivity contribution is -0.145. The Morgan fingerprint density at radius 3 is 0.981 bits per heavy atom. The Hall–Kier alpha value is -1.51. The predicted molar refractivity (Wildman–Crippen MR) is 220 cm³/mol. The molecule has 0 atom stereocenters. The topological polar surface area (TPSA) is 79.4 Å². The smallest absolute Gasteiger partial charge is 0.307 e. The van der Waals surface area contributed by atoms with Crippen molar-refractivity contribution in [3.63, 3.8) is 0 Å². The molecule has 0 spiro atoms. The molecule has 0 aliphatic rings. The molecule has 52 heavy (non-hydrogen) atoms. The molecule has 0 fully saturated rings. The molecule has 0 aromatic carbocycles. The number of likely N-dealkylation sites (N-methyl/N-ethyl adjacent to an activating group) is 1. The zero-order chi connectivity index (χ0) is 38.3. The summed E-state index contributed by atoms with van der Waals surface area (Å²) in [6.07, 6.45) is 29.2. The molecule has 8 heteroatoms. The van der Waals surface area contributed by atoms with Crippen LogP contribution in [0.15, 0.2) is 0 Å². The third-order valence-electron chi connectivity index (χ3n) is 10.4. The highest BCUT2D eigenvalue weighted by Crippen LogP contribution is 2.13. The maximum Gasteiger partial charge on any atom is 0.307 e. The van der Waals surface area contributed by atoms with E-state index in [0.717, 1.165) is 65.0 Å². The Morgan fingerprint density at radius 1 is 0.365 bits per heavy atom. The van der Waals surface area contributed by atoms with Crippen molar-refractivity contribution in [3.8, 4) is 0 Å². The molecule has 0 aromatic heterocycles. The Morgan fingerprint density at radius 2 is 0.654 bits per heavy atom. The van der Waals surface area contributed by atoms with Crippen LogP contribution in [-0.2, 0) is 23.9 Å². The summed E-state index contributed by atoms with van der Waals surface area (Å²) in [5, 5.41) is 0. The molecule has 0 N–H and O–H groups in total. The first-order chi connectivity index (χ1) is 25.4. The highest BCUT2D eigenvalue weighted by atomic mass is 16.5. The molecule has 0 radical (unpaired) electrons. The van der Waals surface area contributed by atoms with Gasteiger partial charge in [0.05, 0.1) is 26.1 Å². The summed E-state index contributed by atoms with van der Waals surface area (Å²) in [4.78, 5) is 44.0. The van der Waals surface area contributed by atoms with E-state index in [2.05, 4.69) is 42.4 Å². The maximum atomic E-state index is 12.6. The van der Waals surface area contributed by atoms with Gasteiger partial charge in [-0.15, -0.1) is 0 Å². The Balaban J connectivity index is 4.49. The van der Waals surface area contributed by atoms with E-state index in [1.165, 1.54) is 116 Å². The number of hydrogen-bond donors (Lipinski definition) is 0. The number of rotatable bonds is 41. The number of hydrogen-bond acceptors (Lipinski definition) is 8. The number of carbonyl (C=O) groups excluding carboxylic acids is 3. The molecule has 0 saturated carbocycles. The third-order valence-corrected chi connectivity index (χ3v) is 10.4. The van der Waals surface area contributed by atoms with E-state index in [9.17, 15) is 14.4 Å². The molecule has 0 amide bonds. The molecule has 0 rings (SSSR count). The van der Waals surface area contributed by atoms with Crippen LogP contribution < -0.4 is 0 Å². The monoisotopic (exact) mass is 738 g/mol. The lowest BCUT2D eigenvalue weighted by atomic mass is 10.1. The number of ketones is 1. The number of nitrogens with zero attached hydrogens (tertiary/aromatic N) is 3. The standard InChI is InChI=1S/C44H87N3O5/c1-6-10-12-14-16-18-20-22-24-26-28-40-51-43(49)31-34-46(33-30-42(5)48)38-39-47(37-36-45(8-3)9-4)35-32-44(50)52-41-29-27-25-23-21-19-17-15-13-11-7-2/h6-41H2,1-5H3. The van der Waals surface area contributed by atoms with E-state index >= 15 is 0 Å². The largest absolute Gasteiger partial charge is 0.466 e. The van der Waals surface area contributed by atoms with E-state index in [1.807, 2.05) is 0 Å². The lowest BCUT2D eigenvalue weighted by Gasteiger charge is -2.29. The predicted octanol–water partition coefficient (Wildman–Crippen LogP) is 10.4. The summed E-state index contributed by atoms with van der Waals surface area (Å²) in [5.41, 5.74) is 0. The van der Waals surface area contributed by atoms with Gasteiger partial charge in [0, 0.05) is 52.2 Å². The van der Waals surface area contributed by atoms with Crippen LogP contribution in [-0.4, -0.2) is 105 Å². The SMILES string of the molecule is CCCCCCCCCCCCCOC(=O)CCN(CCC(C)=O)CCN(CCC(=O)OCCCCCCCCCCCCC)CCN(CC)CC. The Kier molecular flexibility index (Phi) is 38.1. The van der Waals surface area contributed by atoms with Gasteiger partial charge in [-0.2, -0.15) is 0 Å². The van der Waals surface area contributed by atoms with E-state index in [4.69, 9.17) is 9.47 Å². The second kappa shape index (κ2) is 39.2. The molecule has 308 valence electrons. The average Bonchev–Trinajstić information content (AvgIpc) is 3.14. The minimum absolute atomic E-state index is 0.117. The molecule has 0 heterocycles. The highest BCUT2D eigenvalue weighted by Gasteiger charge is 2.15. The summed E-state index contributed by atoms with van der Waals surface area (Å²) < 4.78 is 11.2. The molecule has 0 bridgehead atoms. The van der Waals surface area contributed by atoms with Crippen LogP contribution in [0.1, 0.15) is 195 Å². The van der Waals surface area contributed by atoms with Gasteiger partial charge < -0.3 is 24.2 Å². The molecular weight excluding hydrogens is 650 g/mol. The summed E-state index contributed by atoms with van der Waals surface area (Å²) >= 11 is 0. The number of Topliss-reactive ketones (excluding diaryl/α,β-unsaturated/α-hetero) is 1. The Bertz CT molecular complexity index is 807. The van der Waals surface area contributed by atoms with Crippen LogP contribution in [0.2, 0.25) is 0 Å². The Labute approximate surface area is 322 Å². The van der Waals surface area contributed by atoms with Crippen molar-refractivity contribution in [2.75, 3.05) is 72.1 Å². The van der Waals surface area contributed by atoms with Crippen LogP contribution in [0.25, 0.3) is 0 Å². The van der Waals surface area contributed by atoms with Gasteiger partial charge >= 0.3 is 11.9 Å². The number of unbranched alkanes of at least 4 members (excludes halogenated alkanes) is 20. The third kappa shape index (κ3) is 35.5. The van der Waals surface area contributed by atoms with E-state index in [0.29, 0.717) is 52.1 Å². The van der Waals surface area contributed by atoms with Gasteiger partial charge in [0.25, 0.3) is 0 Å².